The molecule has 2 aliphatic rings. The lowest BCUT2D eigenvalue weighted by Crippen LogP contribution is -2.61. The van der Waals surface area contributed by atoms with Crippen molar-refractivity contribution in [3.05, 3.63) is 320 Å². The highest BCUT2D eigenvalue weighted by Gasteiger charge is 2.45. The van der Waals surface area contributed by atoms with Crippen LogP contribution >= 0.6 is 0 Å². The number of fused-ring (bicyclic) bond motifs is 13. The zero-order valence-corrected chi connectivity index (χ0v) is 54.1. The van der Waals surface area contributed by atoms with E-state index in [1.807, 2.05) is 83.8 Å². The average Bonchev–Trinajstić information content (AvgIpc) is 1.68. The highest BCUT2D eigenvalue weighted by atomic mass is 16.3. The fourth-order valence-electron chi connectivity index (χ4n) is 14.8. The Morgan fingerprint density at radius 2 is 0.735 bits per heavy atom. The summed E-state index contributed by atoms with van der Waals surface area (Å²) < 4.78 is 207. The van der Waals surface area contributed by atoms with Crippen LogP contribution in [0.15, 0.2) is 313 Å². The minimum absolute atomic E-state index is 0.104. The third-order valence-electron chi connectivity index (χ3n) is 19.5. The zero-order chi connectivity index (χ0) is 84.0. The van der Waals surface area contributed by atoms with E-state index in [1.165, 1.54) is 9.13 Å². The molecule has 3 aromatic heterocycles. The molecule has 5 heterocycles. The van der Waals surface area contributed by atoms with E-state index in [0.717, 1.165) is 50.0 Å². The van der Waals surface area contributed by atoms with Gasteiger partial charge in [0.2, 0.25) is 0 Å². The number of rotatable bonds is 8. The lowest BCUT2D eigenvalue weighted by molar-refractivity contribution is 0.569. The fourth-order valence-corrected chi connectivity index (χ4v) is 14.8. The van der Waals surface area contributed by atoms with Crippen LogP contribution in [0, 0.1) is 0 Å². The summed E-state index contributed by atoms with van der Waals surface area (Å²) in [6, 6.07) is 47.0. The molecule has 5 nitrogen and oxygen atoms in total. The molecule has 0 bridgehead atoms. The number of benzene rings is 14. The fraction of sp³-hybridized carbons (Fsp3) is 0.0870. The Bertz CT molecular complexity index is 7160. The van der Waals surface area contributed by atoms with Gasteiger partial charge in [-0.3, -0.25) is 0 Å². The van der Waals surface area contributed by atoms with Gasteiger partial charge >= 0.3 is 0 Å². The van der Waals surface area contributed by atoms with E-state index in [1.54, 1.807) is 48.5 Å². The topological polar surface area (TPSA) is 29.5 Å². The predicted molar refractivity (Wildman–Crippen MR) is 416 cm³/mol. The minimum Gasteiger partial charge on any atom is -0.452 e. The molecule has 14 aromatic carbocycles. The van der Waals surface area contributed by atoms with E-state index < -0.39 is 134 Å². The van der Waals surface area contributed by atoms with Crippen molar-refractivity contribution in [2.75, 3.05) is 9.80 Å². The van der Waals surface area contributed by atoms with Gasteiger partial charge in [-0.05, 0) is 162 Å². The van der Waals surface area contributed by atoms with E-state index in [9.17, 15) is 19.2 Å². The second-order valence-electron chi connectivity index (χ2n) is 27.3. The molecule has 0 saturated carbocycles. The molecule has 6 heteroatoms. The van der Waals surface area contributed by atoms with Crippen molar-refractivity contribution >= 4 is 123 Å². The van der Waals surface area contributed by atoms with Crippen molar-refractivity contribution < 1.29 is 33.2 Å². The molecule has 0 N–H and O–H groups in total. The zero-order valence-electron chi connectivity index (χ0n) is 75.1. The second-order valence-corrected chi connectivity index (χ2v) is 27.3. The van der Waals surface area contributed by atoms with Crippen LogP contribution in [0.2, 0.25) is 0 Å². The van der Waals surface area contributed by atoms with Crippen LogP contribution < -0.4 is 26.2 Å². The van der Waals surface area contributed by atoms with E-state index in [-0.39, 0.29) is 93.8 Å². The van der Waals surface area contributed by atoms with Gasteiger partial charge in [-0.2, -0.15) is 0 Å². The predicted octanol–water partition coefficient (Wildman–Crippen LogP) is 23.1. The van der Waals surface area contributed by atoms with Crippen molar-refractivity contribution in [1.82, 2.24) is 9.13 Å². The number of hydrogen-bond donors (Lipinski definition) is 0. The molecule has 17 aromatic rings. The lowest BCUT2D eigenvalue weighted by Gasteiger charge is -2.44. The molecule has 466 valence electrons. The maximum absolute atomic E-state index is 10.1. The Hall–Kier alpha value is -11.9. The minimum atomic E-state index is -0.824. The van der Waals surface area contributed by atoms with Gasteiger partial charge in [0.15, 0.2) is 11.2 Å². The molecular formula is C92H69BN4O. The first kappa shape index (κ1) is 39.9. The molecule has 0 saturated heterocycles. The third kappa shape index (κ3) is 9.01. The Morgan fingerprint density at radius 1 is 0.296 bits per heavy atom. The van der Waals surface area contributed by atoms with Crippen molar-refractivity contribution in [2.24, 2.45) is 0 Å². The number of hydrogen-bond acceptors (Lipinski definition) is 3. The van der Waals surface area contributed by atoms with Gasteiger partial charge in [0.1, 0.15) is 0 Å². The summed E-state index contributed by atoms with van der Waals surface area (Å²) in [4.78, 5) is 4.10. The Kier molecular flexibility index (Phi) is 8.89. The maximum Gasteiger partial charge on any atom is 0.252 e. The third-order valence-corrected chi connectivity index (χ3v) is 19.5. The molecule has 0 spiro atoms. The molecular weight excluding hydrogens is 1190 g/mol. The van der Waals surface area contributed by atoms with Crippen LogP contribution in [0.25, 0.3) is 121 Å². The molecule has 0 aliphatic carbocycles. The van der Waals surface area contributed by atoms with Crippen LogP contribution in [0.3, 0.4) is 0 Å². The van der Waals surface area contributed by atoms with Gasteiger partial charge in [-0.15, -0.1) is 0 Å². The standard InChI is InChI=1S/C92H69BN4O/c1-91(2,3)66-49-65(50-67(55-66)92(4,5)6)62-45-47-76-84(54-62)95(68-51-63(59-28-12-8-13-29-59)48-64(52-68)60-30-14-9-15-31-60)86-56-69(94-78-38-20-16-32-70(78)71-33-17-21-39-79(71)94)57-87-88(86)93(76)77-46-44-61(58-26-10-7-11-27-58)53-85(77)97(87)83-43-25-37-75-74-36-24-42-82(89(74)98-90(75)83)96-80-40-22-18-34-72(80)73-35-19-23-41-81(73)96/h7-57H,1-6H3/i7D,10D,11D,16D,17D,18D,19D,20D,21D,22D,23D,26D,27D,32D,33D,34D,35D,38D,39D,40D,41D. The second kappa shape index (κ2) is 21.8. The van der Waals surface area contributed by atoms with Crippen LogP contribution in [0.4, 0.5) is 34.1 Å². The number of nitrogens with zero attached hydrogens (tertiary/aromatic N) is 4. The summed E-state index contributed by atoms with van der Waals surface area (Å²) >= 11 is 0. The van der Waals surface area contributed by atoms with Crippen molar-refractivity contribution in [3.8, 4) is 55.9 Å². The summed E-state index contributed by atoms with van der Waals surface area (Å²) in [5.74, 6) is 0. The molecule has 2 aliphatic heterocycles. The first-order valence-electron chi connectivity index (χ1n) is 43.1. The Morgan fingerprint density at radius 3 is 1.26 bits per heavy atom. The Balaban J connectivity index is 1.01. The molecule has 0 amide bonds. The van der Waals surface area contributed by atoms with E-state index in [2.05, 4.69) is 101 Å². The van der Waals surface area contributed by atoms with E-state index in [4.69, 9.17) is 14.0 Å². The van der Waals surface area contributed by atoms with Crippen molar-refractivity contribution in [3.63, 3.8) is 0 Å². The largest absolute Gasteiger partial charge is 0.452 e. The highest BCUT2D eigenvalue weighted by Crippen LogP contribution is 2.52. The summed E-state index contributed by atoms with van der Waals surface area (Å²) in [5.41, 5.74) is 11.6. The molecule has 19 rings (SSSR count). The van der Waals surface area contributed by atoms with Crippen LogP contribution in [-0.4, -0.2) is 15.8 Å². The quantitative estimate of drug-likeness (QED) is 0.142. The van der Waals surface area contributed by atoms with E-state index in [0.29, 0.717) is 50.1 Å². The van der Waals surface area contributed by atoms with E-state index >= 15 is 0 Å². The van der Waals surface area contributed by atoms with Gasteiger partial charge in [0.25, 0.3) is 6.71 Å². The summed E-state index contributed by atoms with van der Waals surface area (Å²) in [6.45, 7) is 12.3. The number of aromatic nitrogens is 2. The molecule has 0 fully saturated rings. The van der Waals surface area contributed by atoms with Gasteiger partial charge < -0.3 is 23.4 Å². The molecule has 0 atom stereocenters. The molecule has 98 heavy (non-hydrogen) atoms. The summed E-state index contributed by atoms with van der Waals surface area (Å²) in [7, 11) is 0. The number of furan rings is 1. The summed E-state index contributed by atoms with van der Waals surface area (Å²) in [6.07, 6.45) is 0. The average molecular weight is 1280 g/mol. The number of anilines is 6. The SMILES string of the molecule is [2H]c1c([2H])c([2H])c(-c2ccc3c(c2)N(c2cccc4c2oc2c(-n5c6c([2H])c([2H])c([2H])c([2H])c6c6c([2H])c([2H])c([2H])c([2H])c65)cccc24)c2cc(-n4c5c([2H])c([2H])c([2H])c([2H])c5c5c([2H])c([2H])c([2H])c([2H])c54)cc4c2B3c2ccc(-c3cc(C(C)(C)C)cc(C(C)(C)C)c3)cc2N4c2cc(-c3ccccc3)cc(-c3ccccc3)c2)c([2H])c1[2H]. The lowest BCUT2D eigenvalue weighted by atomic mass is 9.33. The van der Waals surface area contributed by atoms with Crippen LogP contribution in [-0.2, 0) is 10.8 Å². The highest BCUT2D eigenvalue weighted by molar-refractivity contribution is 7.00. The van der Waals surface area contributed by atoms with Gasteiger partial charge in [-0.25, -0.2) is 0 Å². The van der Waals surface area contributed by atoms with Gasteiger partial charge in [0, 0.05) is 60.8 Å². The molecule has 0 radical (unpaired) electrons. The summed E-state index contributed by atoms with van der Waals surface area (Å²) in [5, 5.41) is 0.247. The van der Waals surface area contributed by atoms with Gasteiger partial charge in [0.05, 0.1) is 67.9 Å². The first-order valence-corrected chi connectivity index (χ1v) is 32.6. The monoisotopic (exact) mass is 1280 g/mol. The first-order chi connectivity index (χ1) is 56.6. The van der Waals surface area contributed by atoms with Crippen LogP contribution in [0.1, 0.15) is 81.5 Å². The smallest absolute Gasteiger partial charge is 0.252 e. The van der Waals surface area contributed by atoms with Crippen LogP contribution in [0.5, 0.6) is 0 Å². The van der Waals surface area contributed by atoms with Crippen molar-refractivity contribution in [2.45, 2.75) is 52.4 Å². The van der Waals surface area contributed by atoms with Crippen molar-refractivity contribution in [1.29, 1.82) is 0 Å². The molecule has 0 unspecified atom stereocenters. The maximum atomic E-state index is 10.1. The number of para-hydroxylation sites is 6. The Labute approximate surface area is 600 Å². The van der Waals surface area contributed by atoms with Gasteiger partial charge in [-0.1, -0.05) is 272 Å². The normalized spacial score (nSPS) is 15.9.